The number of amides is 1. The largest absolute Gasteiger partial charge is 0.312 e. The van der Waals surface area contributed by atoms with Gasteiger partial charge in [0.25, 0.3) is 0 Å². The number of hydrogen-bond donors (Lipinski definition) is 0. The van der Waals surface area contributed by atoms with Gasteiger partial charge in [-0.1, -0.05) is 0 Å². The lowest BCUT2D eigenvalue weighted by atomic mass is 9.86. The van der Waals surface area contributed by atoms with Crippen LogP contribution in [0.25, 0.3) is 0 Å². The zero-order valence-electron chi connectivity index (χ0n) is 14.4. The molecule has 0 bridgehead atoms. The Morgan fingerprint density at radius 1 is 1.28 bits per heavy atom. The molecule has 1 amide bonds. The number of hydrogen-bond acceptors (Lipinski definition) is 4. The van der Waals surface area contributed by atoms with E-state index < -0.39 is 0 Å². The Kier molecular flexibility index (Phi) is 3.81. The van der Waals surface area contributed by atoms with Crippen LogP contribution in [0, 0.1) is 16.7 Å². The summed E-state index contributed by atoms with van der Waals surface area (Å²) < 4.78 is 1.83. The number of nitrogens with zero attached hydrogens (tertiary/aromatic N) is 5. The molecule has 2 aromatic rings. The van der Waals surface area contributed by atoms with E-state index in [1.165, 1.54) is 5.56 Å². The van der Waals surface area contributed by atoms with Crippen molar-refractivity contribution in [1.82, 2.24) is 14.7 Å². The first-order chi connectivity index (χ1) is 12.1. The topological polar surface area (TPSA) is 65.2 Å². The molecule has 0 saturated carbocycles. The lowest BCUT2D eigenvalue weighted by Crippen LogP contribution is -2.31. The SMILES string of the molecule is Cn1cc(CN2CC[C@@]3(CC(=O)N(c4ccc(C#N)cc4)C3)C2)cn1. The molecule has 2 fully saturated rings. The fourth-order valence-corrected chi connectivity index (χ4v) is 4.09. The second-order valence-corrected chi connectivity index (χ2v) is 7.30. The molecule has 0 radical (unpaired) electrons. The van der Waals surface area contributed by atoms with Crippen LogP contribution >= 0.6 is 0 Å². The molecule has 1 spiro atoms. The average Bonchev–Trinajstić information content (AvgIpc) is 3.28. The Morgan fingerprint density at radius 2 is 2.08 bits per heavy atom. The van der Waals surface area contributed by atoms with Gasteiger partial charge in [-0.25, -0.2) is 0 Å². The first-order valence-electron chi connectivity index (χ1n) is 8.57. The third kappa shape index (κ3) is 3.03. The van der Waals surface area contributed by atoms with E-state index in [4.69, 9.17) is 5.26 Å². The van der Waals surface area contributed by atoms with Crippen LogP contribution in [-0.4, -0.2) is 40.2 Å². The molecule has 128 valence electrons. The van der Waals surface area contributed by atoms with Crippen LogP contribution < -0.4 is 4.90 Å². The minimum Gasteiger partial charge on any atom is -0.312 e. The molecule has 0 N–H and O–H groups in total. The Bertz CT molecular complexity index is 834. The predicted molar refractivity (Wildman–Crippen MR) is 93.7 cm³/mol. The maximum atomic E-state index is 12.6. The van der Waals surface area contributed by atoms with Crippen molar-refractivity contribution >= 4 is 11.6 Å². The van der Waals surface area contributed by atoms with Gasteiger partial charge >= 0.3 is 0 Å². The van der Waals surface area contributed by atoms with E-state index in [2.05, 4.69) is 16.1 Å². The van der Waals surface area contributed by atoms with Crippen molar-refractivity contribution < 1.29 is 4.79 Å². The van der Waals surface area contributed by atoms with Crippen LogP contribution in [0.1, 0.15) is 24.0 Å². The second-order valence-electron chi connectivity index (χ2n) is 7.30. The minimum atomic E-state index is 0.0488. The molecular formula is C19H21N5O. The highest BCUT2D eigenvalue weighted by Crippen LogP contribution is 2.42. The molecule has 6 heteroatoms. The van der Waals surface area contributed by atoms with Crippen LogP contribution in [-0.2, 0) is 18.4 Å². The summed E-state index contributed by atoms with van der Waals surface area (Å²) in [7, 11) is 1.93. The van der Waals surface area contributed by atoms with Crippen molar-refractivity contribution in [2.45, 2.75) is 19.4 Å². The van der Waals surface area contributed by atoms with E-state index >= 15 is 0 Å². The van der Waals surface area contributed by atoms with Gasteiger partial charge < -0.3 is 4.90 Å². The maximum absolute atomic E-state index is 12.6. The summed E-state index contributed by atoms with van der Waals surface area (Å²) in [5, 5.41) is 13.2. The average molecular weight is 335 g/mol. The number of benzene rings is 1. The van der Waals surface area contributed by atoms with E-state index in [1.807, 2.05) is 41.2 Å². The Labute approximate surface area is 147 Å². The molecule has 2 aliphatic rings. The molecule has 1 aromatic heterocycles. The molecule has 0 aliphatic carbocycles. The summed E-state index contributed by atoms with van der Waals surface area (Å²) >= 11 is 0. The van der Waals surface area contributed by atoms with Crippen molar-refractivity contribution in [3.8, 4) is 6.07 Å². The highest BCUT2D eigenvalue weighted by atomic mass is 16.2. The normalized spacial score (nSPS) is 23.5. The molecule has 0 unspecified atom stereocenters. The first-order valence-corrected chi connectivity index (χ1v) is 8.57. The fourth-order valence-electron chi connectivity index (χ4n) is 4.09. The van der Waals surface area contributed by atoms with E-state index in [0.717, 1.165) is 38.3 Å². The lowest BCUT2D eigenvalue weighted by Gasteiger charge is -2.24. The van der Waals surface area contributed by atoms with Gasteiger partial charge in [0.1, 0.15) is 0 Å². The lowest BCUT2D eigenvalue weighted by molar-refractivity contribution is -0.117. The van der Waals surface area contributed by atoms with Crippen molar-refractivity contribution in [2.75, 3.05) is 24.5 Å². The third-order valence-corrected chi connectivity index (χ3v) is 5.31. The summed E-state index contributed by atoms with van der Waals surface area (Å²) in [5.41, 5.74) is 2.78. The quantitative estimate of drug-likeness (QED) is 0.859. The van der Waals surface area contributed by atoms with Crippen molar-refractivity contribution in [1.29, 1.82) is 5.26 Å². The van der Waals surface area contributed by atoms with Crippen molar-refractivity contribution in [3.05, 3.63) is 47.8 Å². The van der Waals surface area contributed by atoms with Crippen LogP contribution in [0.3, 0.4) is 0 Å². The molecule has 4 rings (SSSR count). The van der Waals surface area contributed by atoms with Gasteiger partial charge in [0.2, 0.25) is 5.91 Å². The molecule has 1 atom stereocenters. The van der Waals surface area contributed by atoms with Crippen LogP contribution in [0.15, 0.2) is 36.7 Å². The summed E-state index contributed by atoms with van der Waals surface area (Å²) in [6.45, 7) is 3.62. The monoisotopic (exact) mass is 335 g/mol. The van der Waals surface area contributed by atoms with E-state index in [0.29, 0.717) is 12.0 Å². The fraction of sp³-hybridized carbons (Fsp3) is 0.421. The molecule has 2 saturated heterocycles. The number of aromatic nitrogens is 2. The smallest absolute Gasteiger partial charge is 0.227 e. The van der Waals surface area contributed by atoms with Gasteiger partial charge in [-0.05, 0) is 37.2 Å². The molecule has 25 heavy (non-hydrogen) atoms. The maximum Gasteiger partial charge on any atom is 0.227 e. The van der Waals surface area contributed by atoms with Gasteiger partial charge in [0.15, 0.2) is 0 Å². The number of rotatable bonds is 3. The number of carbonyl (C=O) groups excluding carboxylic acids is 1. The van der Waals surface area contributed by atoms with Gasteiger partial charge in [0.05, 0.1) is 17.8 Å². The van der Waals surface area contributed by atoms with E-state index in [1.54, 1.807) is 12.1 Å². The number of nitriles is 1. The first kappa shape index (κ1) is 15.9. The van der Waals surface area contributed by atoms with Crippen LogP contribution in [0.4, 0.5) is 5.69 Å². The Balaban J connectivity index is 1.45. The summed E-state index contributed by atoms with van der Waals surface area (Å²) in [4.78, 5) is 16.9. The van der Waals surface area contributed by atoms with E-state index in [-0.39, 0.29) is 11.3 Å². The minimum absolute atomic E-state index is 0.0488. The Hall–Kier alpha value is -2.65. The molecule has 2 aliphatic heterocycles. The van der Waals surface area contributed by atoms with Crippen LogP contribution in [0.2, 0.25) is 0 Å². The number of likely N-dealkylation sites (tertiary alicyclic amines) is 1. The van der Waals surface area contributed by atoms with Crippen molar-refractivity contribution in [2.24, 2.45) is 12.5 Å². The predicted octanol–water partition coefficient (Wildman–Crippen LogP) is 1.92. The van der Waals surface area contributed by atoms with Gasteiger partial charge in [-0.15, -0.1) is 0 Å². The summed E-state index contributed by atoms with van der Waals surface area (Å²) in [5.74, 6) is 0.188. The summed E-state index contributed by atoms with van der Waals surface area (Å²) in [6.07, 6.45) is 5.62. The number of aryl methyl sites for hydroxylation is 1. The van der Waals surface area contributed by atoms with Gasteiger partial charge in [0, 0.05) is 56.0 Å². The highest BCUT2D eigenvalue weighted by Gasteiger charge is 2.47. The molecule has 6 nitrogen and oxygen atoms in total. The van der Waals surface area contributed by atoms with Crippen LogP contribution in [0.5, 0.6) is 0 Å². The second kappa shape index (κ2) is 6.01. The molecule has 1 aromatic carbocycles. The Morgan fingerprint density at radius 3 is 2.76 bits per heavy atom. The van der Waals surface area contributed by atoms with Gasteiger partial charge in [-0.3, -0.25) is 14.4 Å². The van der Waals surface area contributed by atoms with Gasteiger partial charge in [-0.2, -0.15) is 10.4 Å². The number of anilines is 1. The standard InChI is InChI=1S/C19H21N5O/c1-22-11-16(10-21-22)12-23-7-6-19(13-23)8-18(25)24(14-19)17-4-2-15(9-20)3-5-17/h2-5,10-11H,6-8,12-14H2,1H3/t19-/m1/s1. The van der Waals surface area contributed by atoms with E-state index in [9.17, 15) is 4.79 Å². The zero-order chi connectivity index (χ0) is 17.4. The third-order valence-electron chi connectivity index (χ3n) is 5.31. The molecular weight excluding hydrogens is 314 g/mol. The molecule has 3 heterocycles. The summed E-state index contributed by atoms with van der Waals surface area (Å²) in [6, 6.07) is 9.41. The number of carbonyl (C=O) groups is 1. The zero-order valence-corrected chi connectivity index (χ0v) is 14.4. The highest BCUT2D eigenvalue weighted by molar-refractivity contribution is 5.96. The van der Waals surface area contributed by atoms with Crippen molar-refractivity contribution in [3.63, 3.8) is 0 Å².